The SMILES string of the molecule is C=CCOC1(C)CCN(c2c(C(O)C(=O)O)c(C)nc3cc(Br)nn23)CC1. The highest BCUT2D eigenvalue weighted by atomic mass is 79.9. The molecule has 0 bridgehead atoms. The predicted octanol–water partition coefficient (Wildman–Crippen LogP) is 2.48. The minimum Gasteiger partial charge on any atom is -0.479 e. The first-order chi connectivity index (χ1) is 12.8. The lowest BCUT2D eigenvalue weighted by Crippen LogP contribution is -2.45. The highest BCUT2D eigenvalue weighted by Gasteiger charge is 2.35. The van der Waals surface area contributed by atoms with E-state index >= 15 is 0 Å². The zero-order valence-corrected chi connectivity index (χ0v) is 16.9. The average Bonchev–Trinajstić information content (AvgIpc) is 2.98. The third kappa shape index (κ3) is 3.85. The molecule has 146 valence electrons. The molecule has 0 radical (unpaired) electrons. The molecule has 1 saturated heterocycles. The fraction of sp³-hybridized carbons (Fsp3) is 0.500. The minimum absolute atomic E-state index is 0.262. The lowest BCUT2D eigenvalue weighted by Gasteiger charge is -2.40. The molecule has 0 aliphatic carbocycles. The van der Waals surface area contributed by atoms with Crippen LogP contribution in [-0.4, -0.2) is 56.1 Å². The van der Waals surface area contributed by atoms with Crippen molar-refractivity contribution in [2.75, 3.05) is 24.6 Å². The molecule has 3 heterocycles. The van der Waals surface area contributed by atoms with Crippen LogP contribution in [0, 0.1) is 6.92 Å². The van der Waals surface area contributed by atoms with Crippen molar-refractivity contribution in [2.24, 2.45) is 0 Å². The number of anilines is 1. The normalized spacial score (nSPS) is 17.9. The number of halogens is 1. The third-order valence-corrected chi connectivity index (χ3v) is 5.34. The van der Waals surface area contributed by atoms with Crippen LogP contribution in [0.15, 0.2) is 23.3 Å². The molecule has 9 heteroatoms. The Morgan fingerprint density at radius 2 is 2.19 bits per heavy atom. The van der Waals surface area contributed by atoms with Crippen LogP contribution in [0.25, 0.3) is 5.65 Å². The van der Waals surface area contributed by atoms with E-state index < -0.39 is 12.1 Å². The first-order valence-electron chi connectivity index (χ1n) is 8.72. The number of nitrogens with zero attached hydrogens (tertiary/aromatic N) is 4. The van der Waals surface area contributed by atoms with Crippen LogP contribution >= 0.6 is 15.9 Å². The number of hydrogen-bond donors (Lipinski definition) is 2. The van der Waals surface area contributed by atoms with Crippen molar-refractivity contribution in [3.05, 3.63) is 34.6 Å². The van der Waals surface area contributed by atoms with E-state index in [2.05, 4.69) is 39.5 Å². The summed E-state index contributed by atoms with van der Waals surface area (Å²) in [6.45, 7) is 9.23. The Labute approximate surface area is 165 Å². The molecule has 3 rings (SSSR count). The number of piperidine rings is 1. The monoisotopic (exact) mass is 438 g/mol. The van der Waals surface area contributed by atoms with Gasteiger partial charge in [-0.05, 0) is 42.6 Å². The lowest BCUT2D eigenvalue weighted by atomic mass is 9.92. The molecular weight excluding hydrogens is 416 g/mol. The van der Waals surface area contributed by atoms with Crippen LogP contribution in [0.2, 0.25) is 0 Å². The standard InChI is InChI=1S/C18H23BrN4O4/c1-4-9-27-18(3)5-7-22(8-6-18)16-14(15(24)17(25)26)11(2)20-13-10-12(19)21-23(13)16/h4,10,15,24H,1,5-9H2,2-3H3,(H,25,26). The fourth-order valence-corrected chi connectivity index (χ4v) is 3.79. The third-order valence-electron chi connectivity index (χ3n) is 4.95. The first kappa shape index (κ1) is 19.8. The smallest absolute Gasteiger partial charge is 0.337 e. The average molecular weight is 439 g/mol. The van der Waals surface area contributed by atoms with E-state index in [0.717, 1.165) is 12.8 Å². The van der Waals surface area contributed by atoms with Gasteiger partial charge in [0.05, 0.1) is 17.8 Å². The second-order valence-corrected chi connectivity index (χ2v) is 7.76. The number of aromatic nitrogens is 3. The van der Waals surface area contributed by atoms with Crippen LogP contribution in [0.5, 0.6) is 0 Å². The number of aryl methyl sites for hydroxylation is 1. The van der Waals surface area contributed by atoms with E-state index in [1.165, 1.54) is 0 Å². The summed E-state index contributed by atoms with van der Waals surface area (Å²) in [4.78, 5) is 17.9. The summed E-state index contributed by atoms with van der Waals surface area (Å²) < 4.78 is 8.09. The van der Waals surface area contributed by atoms with Crippen LogP contribution < -0.4 is 4.90 Å². The van der Waals surface area contributed by atoms with Crippen LogP contribution in [-0.2, 0) is 9.53 Å². The maximum atomic E-state index is 11.5. The molecule has 0 aromatic carbocycles. The van der Waals surface area contributed by atoms with E-state index in [4.69, 9.17) is 4.74 Å². The van der Waals surface area contributed by atoms with Gasteiger partial charge in [-0.25, -0.2) is 9.78 Å². The van der Waals surface area contributed by atoms with Gasteiger partial charge in [0.2, 0.25) is 0 Å². The van der Waals surface area contributed by atoms with Gasteiger partial charge in [0.1, 0.15) is 10.4 Å². The molecule has 0 amide bonds. The Morgan fingerprint density at radius 3 is 2.78 bits per heavy atom. The topological polar surface area (TPSA) is 100 Å². The maximum absolute atomic E-state index is 11.5. The highest BCUT2D eigenvalue weighted by molar-refractivity contribution is 9.10. The molecule has 27 heavy (non-hydrogen) atoms. The maximum Gasteiger partial charge on any atom is 0.337 e. The molecule has 0 saturated carbocycles. The predicted molar refractivity (Wildman–Crippen MR) is 104 cm³/mol. The number of hydrogen-bond acceptors (Lipinski definition) is 6. The number of carbonyl (C=O) groups is 1. The van der Waals surface area contributed by atoms with Gasteiger partial charge in [0.15, 0.2) is 11.8 Å². The summed E-state index contributed by atoms with van der Waals surface area (Å²) in [6, 6.07) is 1.76. The van der Waals surface area contributed by atoms with E-state index in [0.29, 0.717) is 41.5 Å². The number of carboxylic acids is 1. The number of fused-ring (bicyclic) bond motifs is 1. The number of ether oxygens (including phenoxy) is 1. The molecule has 1 aliphatic rings. The fourth-order valence-electron chi connectivity index (χ4n) is 3.43. The van der Waals surface area contributed by atoms with Gasteiger partial charge < -0.3 is 19.8 Å². The van der Waals surface area contributed by atoms with Crippen LogP contribution in [0.1, 0.15) is 37.1 Å². The van der Waals surface area contributed by atoms with Crippen molar-refractivity contribution < 1.29 is 19.7 Å². The van der Waals surface area contributed by atoms with Gasteiger partial charge >= 0.3 is 5.97 Å². The van der Waals surface area contributed by atoms with Gasteiger partial charge in [0.25, 0.3) is 0 Å². The van der Waals surface area contributed by atoms with E-state index in [-0.39, 0.29) is 11.2 Å². The Morgan fingerprint density at radius 1 is 1.52 bits per heavy atom. The van der Waals surface area contributed by atoms with Crippen molar-refractivity contribution in [2.45, 2.75) is 38.4 Å². The summed E-state index contributed by atoms with van der Waals surface area (Å²) in [7, 11) is 0. The van der Waals surface area contributed by atoms with E-state index in [1.807, 2.05) is 4.90 Å². The second kappa shape index (κ2) is 7.57. The molecular formula is C18H23BrN4O4. The molecule has 1 fully saturated rings. The lowest BCUT2D eigenvalue weighted by molar-refractivity contribution is -0.147. The quantitative estimate of drug-likeness (QED) is 0.667. The number of rotatable bonds is 6. The Hall–Kier alpha value is -1.97. The summed E-state index contributed by atoms with van der Waals surface area (Å²) in [5.41, 5.74) is 1.06. The number of carboxylic acid groups (broad SMARTS) is 1. The summed E-state index contributed by atoms with van der Waals surface area (Å²) in [6.07, 6.45) is 1.57. The zero-order chi connectivity index (χ0) is 19.8. The molecule has 1 atom stereocenters. The zero-order valence-electron chi connectivity index (χ0n) is 15.4. The molecule has 2 aromatic rings. The van der Waals surface area contributed by atoms with E-state index in [9.17, 15) is 15.0 Å². The van der Waals surface area contributed by atoms with Gasteiger partial charge in [0, 0.05) is 24.8 Å². The Bertz CT molecular complexity index is 874. The van der Waals surface area contributed by atoms with Crippen molar-refractivity contribution in [3.63, 3.8) is 0 Å². The molecule has 1 unspecified atom stereocenters. The van der Waals surface area contributed by atoms with Gasteiger partial charge in [-0.3, -0.25) is 0 Å². The summed E-state index contributed by atoms with van der Waals surface area (Å²) >= 11 is 3.35. The summed E-state index contributed by atoms with van der Waals surface area (Å²) in [5, 5.41) is 24.1. The molecule has 2 N–H and O–H groups in total. The van der Waals surface area contributed by atoms with Crippen molar-refractivity contribution in [1.82, 2.24) is 14.6 Å². The Balaban J connectivity index is 2.03. The number of aliphatic hydroxyl groups is 1. The van der Waals surface area contributed by atoms with Gasteiger partial charge in [-0.1, -0.05) is 6.08 Å². The number of aliphatic carboxylic acids is 1. The van der Waals surface area contributed by atoms with E-state index in [1.54, 1.807) is 23.6 Å². The molecule has 8 nitrogen and oxygen atoms in total. The van der Waals surface area contributed by atoms with Crippen molar-refractivity contribution in [1.29, 1.82) is 0 Å². The first-order valence-corrected chi connectivity index (χ1v) is 9.51. The van der Waals surface area contributed by atoms with Gasteiger partial charge in [-0.2, -0.15) is 9.61 Å². The summed E-state index contributed by atoms with van der Waals surface area (Å²) in [5.74, 6) is -0.758. The molecule has 0 spiro atoms. The Kier molecular flexibility index (Phi) is 5.55. The number of aliphatic hydroxyl groups excluding tert-OH is 1. The van der Waals surface area contributed by atoms with Gasteiger partial charge in [-0.15, -0.1) is 6.58 Å². The minimum atomic E-state index is -1.68. The highest BCUT2D eigenvalue weighted by Crippen LogP contribution is 2.35. The largest absolute Gasteiger partial charge is 0.479 e. The molecule has 2 aromatic heterocycles. The van der Waals surface area contributed by atoms with Crippen molar-refractivity contribution >= 4 is 33.4 Å². The second-order valence-electron chi connectivity index (χ2n) is 6.95. The van der Waals surface area contributed by atoms with Crippen LogP contribution in [0.3, 0.4) is 0 Å². The molecule has 1 aliphatic heterocycles. The van der Waals surface area contributed by atoms with Crippen LogP contribution in [0.4, 0.5) is 5.82 Å². The van der Waals surface area contributed by atoms with Crippen molar-refractivity contribution in [3.8, 4) is 0 Å².